The van der Waals surface area contributed by atoms with E-state index in [0.717, 1.165) is 23.9 Å². The standard InChI is InChI=1S/C18H14F3N3O3S/c1-9-7-12(16(26)27-2)13-14(22-9)23-17(24-15(13)25)28-8-10-3-5-11(6-4-10)18(19,20)21/h3-7H,8H2,1-2H3,(H,22,23,24,25). The van der Waals surface area contributed by atoms with E-state index < -0.39 is 23.3 Å². The van der Waals surface area contributed by atoms with Gasteiger partial charge in [-0.05, 0) is 30.7 Å². The summed E-state index contributed by atoms with van der Waals surface area (Å²) in [5.41, 5.74) is 0.0105. The molecule has 2 heterocycles. The molecule has 0 aliphatic carbocycles. The number of fused-ring (bicyclic) bond motifs is 1. The minimum Gasteiger partial charge on any atom is -0.465 e. The first-order valence-electron chi connectivity index (χ1n) is 7.98. The van der Waals surface area contributed by atoms with Crippen molar-refractivity contribution in [3.63, 3.8) is 0 Å². The van der Waals surface area contributed by atoms with E-state index >= 15 is 0 Å². The molecule has 0 radical (unpaired) electrons. The minimum atomic E-state index is -4.39. The summed E-state index contributed by atoms with van der Waals surface area (Å²) in [6, 6.07) is 6.18. The van der Waals surface area contributed by atoms with Gasteiger partial charge >= 0.3 is 12.1 Å². The number of rotatable bonds is 4. The number of aromatic nitrogens is 3. The van der Waals surface area contributed by atoms with Gasteiger partial charge in [0.1, 0.15) is 0 Å². The summed E-state index contributed by atoms with van der Waals surface area (Å²) in [5.74, 6) is -0.379. The first-order valence-corrected chi connectivity index (χ1v) is 8.96. The van der Waals surface area contributed by atoms with Gasteiger partial charge in [0.2, 0.25) is 0 Å². The Bertz CT molecular complexity index is 1100. The summed E-state index contributed by atoms with van der Waals surface area (Å²) in [5, 5.41) is 0.266. The lowest BCUT2D eigenvalue weighted by molar-refractivity contribution is -0.137. The van der Waals surface area contributed by atoms with Crippen LogP contribution in [-0.2, 0) is 16.7 Å². The Kier molecular flexibility index (Phi) is 5.41. The number of nitrogens with zero attached hydrogens (tertiary/aromatic N) is 2. The van der Waals surface area contributed by atoms with Crippen LogP contribution in [0.4, 0.5) is 13.2 Å². The molecule has 0 amide bonds. The maximum Gasteiger partial charge on any atom is 0.416 e. The number of aryl methyl sites for hydroxylation is 1. The van der Waals surface area contributed by atoms with Crippen LogP contribution in [0.1, 0.15) is 27.2 Å². The highest BCUT2D eigenvalue weighted by molar-refractivity contribution is 7.98. The van der Waals surface area contributed by atoms with E-state index in [1.54, 1.807) is 6.92 Å². The number of nitrogens with one attached hydrogen (secondary N) is 1. The molecule has 0 bridgehead atoms. The van der Waals surface area contributed by atoms with Crippen LogP contribution < -0.4 is 5.56 Å². The van der Waals surface area contributed by atoms with Crippen LogP contribution in [-0.4, -0.2) is 28.0 Å². The van der Waals surface area contributed by atoms with E-state index in [2.05, 4.69) is 15.0 Å². The van der Waals surface area contributed by atoms with Crippen LogP contribution in [0.15, 0.2) is 40.3 Å². The van der Waals surface area contributed by atoms with E-state index in [4.69, 9.17) is 4.74 Å². The van der Waals surface area contributed by atoms with Crippen molar-refractivity contribution in [1.82, 2.24) is 15.0 Å². The van der Waals surface area contributed by atoms with Crippen LogP contribution >= 0.6 is 11.8 Å². The van der Waals surface area contributed by atoms with Gasteiger partial charge in [-0.3, -0.25) is 4.79 Å². The van der Waals surface area contributed by atoms with Gasteiger partial charge in [-0.25, -0.2) is 14.8 Å². The van der Waals surface area contributed by atoms with Crippen molar-refractivity contribution in [2.45, 2.75) is 24.0 Å². The third-order valence-corrected chi connectivity index (χ3v) is 4.79. The smallest absolute Gasteiger partial charge is 0.416 e. The number of alkyl halides is 3. The van der Waals surface area contributed by atoms with Gasteiger partial charge < -0.3 is 9.72 Å². The number of hydrogen-bond donors (Lipinski definition) is 1. The molecule has 3 rings (SSSR count). The molecule has 0 fully saturated rings. The molecule has 0 saturated carbocycles. The summed E-state index contributed by atoms with van der Waals surface area (Å²) >= 11 is 1.14. The molecular weight excluding hydrogens is 395 g/mol. The Morgan fingerprint density at radius 2 is 1.89 bits per heavy atom. The fourth-order valence-corrected chi connectivity index (χ4v) is 3.34. The zero-order chi connectivity index (χ0) is 20.5. The lowest BCUT2D eigenvalue weighted by Crippen LogP contribution is -2.16. The summed E-state index contributed by atoms with van der Waals surface area (Å²) in [6.45, 7) is 1.66. The Hall–Kier alpha value is -2.88. The number of esters is 1. The molecule has 6 nitrogen and oxygen atoms in total. The minimum absolute atomic E-state index is 0.0244. The quantitative estimate of drug-likeness (QED) is 0.402. The third-order valence-electron chi connectivity index (χ3n) is 3.85. The lowest BCUT2D eigenvalue weighted by Gasteiger charge is -2.08. The van der Waals surface area contributed by atoms with Crippen molar-refractivity contribution in [2.75, 3.05) is 7.11 Å². The van der Waals surface area contributed by atoms with E-state index in [1.807, 2.05) is 0 Å². The number of halogens is 3. The zero-order valence-electron chi connectivity index (χ0n) is 14.8. The summed E-state index contributed by atoms with van der Waals surface area (Å²) in [6.07, 6.45) is -4.39. The average molecular weight is 409 g/mol. The van der Waals surface area contributed by atoms with Gasteiger partial charge in [-0.2, -0.15) is 13.2 Å². The maximum absolute atomic E-state index is 12.6. The molecule has 10 heteroatoms. The zero-order valence-corrected chi connectivity index (χ0v) is 15.6. The van der Waals surface area contributed by atoms with Crippen LogP contribution in [0.3, 0.4) is 0 Å². The second-order valence-electron chi connectivity index (χ2n) is 5.86. The molecule has 3 aromatic rings. The molecule has 146 valence electrons. The van der Waals surface area contributed by atoms with Crippen molar-refractivity contribution in [1.29, 1.82) is 0 Å². The fourth-order valence-electron chi connectivity index (χ4n) is 2.53. The van der Waals surface area contributed by atoms with Crippen molar-refractivity contribution >= 4 is 28.8 Å². The predicted octanol–water partition coefficient (Wildman–Crippen LogP) is 3.72. The van der Waals surface area contributed by atoms with Crippen LogP contribution in [0.25, 0.3) is 11.0 Å². The van der Waals surface area contributed by atoms with Gasteiger partial charge in [-0.15, -0.1) is 0 Å². The van der Waals surface area contributed by atoms with E-state index in [1.165, 1.54) is 25.3 Å². The Morgan fingerprint density at radius 3 is 2.50 bits per heavy atom. The van der Waals surface area contributed by atoms with Crippen molar-refractivity contribution < 1.29 is 22.7 Å². The molecular formula is C18H14F3N3O3S. The average Bonchev–Trinajstić information content (AvgIpc) is 2.64. The number of aromatic amines is 1. The number of hydrogen-bond acceptors (Lipinski definition) is 6. The van der Waals surface area contributed by atoms with Crippen LogP contribution in [0.2, 0.25) is 0 Å². The largest absolute Gasteiger partial charge is 0.465 e. The highest BCUT2D eigenvalue weighted by atomic mass is 32.2. The molecule has 0 spiro atoms. The van der Waals surface area contributed by atoms with Gasteiger partial charge in [-0.1, -0.05) is 23.9 Å². The number of methoxy groups -OCH3 is 1. The van der Waals surface area contributed by atoms with Crippen LogP contribution in [0.5, 0.6) is 0 Å². The summed E-state index contributed by atoms with van der Waals surface area (Å²) in [7, 11) is 1.21. The normalized spacial score (nSPS) is 11.6. The number of thioether (sulfide) groups is 1. The Labute approximate surface area is 161 Å². The van der Waals surface area contributed by atoms with Crippen molar-refractivity contribution in [3.8, 4) is 0 Å². The first kappa shape index (κ1) is 19.9. The SMILES string of the molecule is COC(=O)c1cc(C)nc2nc(SCc3ccc(C(F)(F)F)cc3)[nH]c(=O)c12. The predicted molar refractivity (Wildman–Crippen MR) is 97.2 cm³/mol. The van der Waals surface area contributed by atoms with Crippen molar-refractivity contribution in [3.05, 3.63) is 63.1 Å². The first-order chi connectivity index (χ1) is 13.2. The van der Waals surface area contributed by atoms with Crippen molar-refractivity contribution in [2.24, 2.45) is 0 Å². The highest BCUT2D eigenvalue weighted by Crippen LogP contribution is 2.30. The topological polar surface area (TPSA) is 84.9 Å². The molecule has 0 aliphatic rings. The van der Waals surface area contributed by atoms with E-state index in [9.17, 15) is 22.8 Å². The Balaban J connectivity index is 1.88. The van der Waals surface area contributed by atoms with Gasteiger partial charge in [0, 0.05) is 11.4 Å². The van der Waals surface area contributed by atoms with Gasteiger partial charge in [0.05, 0.1) is 23.6 Å². The number of carbonyl (C=O) groups is 1. The molecule has 0 atom stereocenters. The summed E-state index contributed by atoms with van der Waals surface area (Å²) < 4.78 is 42.5. The molecule has 1 aromatic carbocycles. The maximum atomic E-state index is 12.6. The van der Waals surface area contributed by atoms with Gasteiger partial charge in [0.25, 0.3) is 5.56 Å². The monoisotopic (exact) mass is 409 g/mol. The fraction of sp³-hybridized carbons (Fsp3) is 0.222. The molecule has 0 saturated heterocycles. The number of carbonyl (C=O) groups excluding carboxylic acids is 1. The molecule has 1 N–H and O–H groups in total. The molecule has 0 unspecified atom stereocenters. The second kappa shape index (κ2) is 7.63. The number of ether oxygens (including phenoxy) is 1. The molecule has 2 aromatic heterocycles. The number of pyridine rings is 1. The second-order valence-corrected chi connectivity index (χ2v) is 6.82. The number of benzene rings is 1. The van der Waals surface area contributed by atoms with Gasteiger partial charge in [0.15, 0.2) is 10.8 Å². The third kappa shape index (κ3) is 4.16. The lowest BCUT2D eigenvalue weighted by atomic mass is 10.1. The highest BCUT2D eigenvalue weighted by Gasteiger charge is 2.29. The van der Waals surface area contributed by atoms with E-state index in [-0.39, 0.29) is 21.8 Å². The van der Waals surface area contributed by atoms with Crippen LogP contribution in [0, 0.1) is 6.92 Å². The summed E-state index contributed by atoms with van der Waals surface area (Å²) in [4.78, 5) is 35.4. The van der Waals surface area contributed by atoms with E-state index in [0.29, 0.717) is 17.0 Å². The number of H-pyrrole nitrogens is 1. The Morgan fingerprint density at radius 1 is 1.21 bits per heavy atom. The molecule has 28 heavy (non-hydrogen) atoms. The molecule has 0 aliphatic heterocycles.